The maximum absolute atomic E-state index is 12.2. The fraction of sp³-hybridized carbons (Fsp3) is 0.500. The Kier molecular flexibility index (Phi) is 3.75. The van der Waals surface area contributed by atoms with Gasteiger partial charge in [-0.05, 0) is 37.0 Å². The molecule has 4 nitrogen and oxygen atoms in total. The minimum Gasteiger partial charge on any atom is -0.399 e. The molecule has 0 aliphatic carbocycles. The number of amides is 2. The molecule has 2 rings (SSSR count). The van der Waals surface area contributed by atoms with Crippen molar-refractivity contribution < 1.29 is 4.79 Å². The molecule has 1 fully saturated rings. The lowest BCUT2D eigenvalue weighted by Gasteiger charge is -2.27. The van der Waals surface area contributed by atoms with E-state index in [2.05, 4.69) is 19.2 Å². The van der Waals surface area contributed by atoms with Crippen LogP contribution in [0.1, 0.15) is 26.7 Å². The van der Waals surface area contributed by atoms with Crippen LogP contribution < -0.4 is 11.1 Å². The largest absolute Gasteiger partial charge is 0.399 e. The predicted molar refractivity (Wildman–Crippen MR) is 74.4 cm³/mol. The van der Waals surface area contributed by atoms with Gasteiger partial charge < -0.3 is 16.0 Å². The van der Waals surface area contributed by atoms with Crippen LogP contribution in [0.25, 0.3) is 0 Å². The Hall–Kier alpha value is -1.71. The van der Waals surface area contributed by atoms with Gasteiger partial charge in [-0.2, -0.15) is 0 Å². The molecule has 1 aromatic rings. The molecule has 0 saturated carbocycles. The van der Waals surface area contributed by atoms with Gasteiger partial charge in [-0.25, -0.2) is 4.79 Å². The van der Waals surface area contributed by atoms with Crippen molar-refractivity contribution in [2.45, 2.75) is 32.7 Å². The molecule has 1 saturated heterocycles. The van der Waals surface area contributed by atoms with Crippen molar-refractivity contribution in [2.24, 2.45) is 5.92 Å². The lowest BCUT2D eigenvalue weighted by Crippen LogP contribution is -2.41. The molecule has 0 bridgehead atoms. The third kappa shape index (κ3) is 2.75. The second kappa shape index (κ2) is 5.29. The molecular weight excluding hydrogens is 226 g/mol. The zero-order valence-electron chi connectivity index (χ0n) is 11.0. The highest BCUT2D eigenvalue weighted by molar-refractivity contribution is 5.90. The standard InChI is InChI=1S/C14H21N3O/c1-10(2)13-7-4-8-17(13)14(18)16-12-6-3-5-11(15)9-12/h3,5-6,9-10,13H,4,7-8,15H2,1-2H3,(H,16,18). The molecule has 0 spiro atoms. The number of likely N-dealkylation sites (tertiary alicyclic amines) is 1. The van der Waals surface area contributed by atoms with Gasteiger partial charge in [-0.15, -0.1) is 0 Å². The van der Waals surface area contributed by atoms with Crippen molar-refractivity contribution >= 4 is 17.4 Å². The first-order valence-corrected chi connectivity index (χ1v) is 6.51. The highest BCUT2D eigenvalue weighted by Gasteiger charge is 2.30. The third-order valence-electron chi connectivity index (χ3n) is 3.47. The molecule has 4 heteroatoms. The number of nitrogens with one attached hydrogen (secondary N) is 1. The van der Waals surface area contributed by atoms with Crippen LogP contribution in [0.5, 0.6) is 0 Å². The summed E-state index contributed by atoms with van der Waals surface area (Å²) in [6.45, 7) is 5.17. The van der Waals surface area contributed by atoms with Gasteiger partial charge in [-0.1, -0.05) is 19.9 Å². The summed E-state index contributed by atoms with van der Waals surface area (Å²) < 4.78 is 0. The van der Waals surface area contributed by atoms with E-state index in [-0.39, 0.29) is 6.03 Å². The molecule has 98 valence electrons. The highest BCUT2D eigenvalue weighted by atomic mass is 16.2. The van der Waals surface area contributed by atoms with Gasteiger partial charge >= 0.3 is 6.03 Å². The van der Waals surface area contributed by atoms with Crippen LogP contribution >= 0.6 is 0 Å². The summed E-state index contributed by atoms with van der Waals surface area (Å²) >= 11 is 0. The summed E-state index contributed by atoms with van der Waals surface area (Å²) in [5.41, 5.74) is 7.12. The molecule has 1 unspecified atom stereocenters. The van der Waals surface area contributed by atoms with E-state index >= 15 is 0 Å². The van der Waals surface area contributed by atoms with E-state index in [1.807, 2.05) is 23.1 Å². The number of hydrogen-bond donors (Lipinski definition) is 2. The molecule has 2 amide bonds. The number of nitrogen functional groups attached to an aromatic ring is 1. The Bertz CT molecular complexity index is 431. The normalized spacial score (nSPS) is 19.3. The molecule has 1 aromatic carbocycles. The van der Waals surface area contributed by atoms with Crippen LogP contribution in [0.3, 0.4) is 0 Å². The molecule has 1 aliphatic heterocycles. The van der Waals surface area contributed by atoms with E-state index < -0.39 is 0 Å². The predicted octanol–water partition coefficient (Wildman–Crippen LogP) is 2.92. The monoisotopic (exact) mass is 247 g/mol. The average molecular weight is 247 g/mol. The molecule has 0 aromatic heterocycles. The molecule has 1 aliphatic rings. The molecule has 18 heavy (non-hydrogen) atoms. The number of benzene rings is 1. The number of nitrogens with two attached hydrogens (primary N) is 1. The van der Waals surface area contributed by atoms with Crippen molar-refractivity contribution in [3.05, 3.63) is 24.3 Å². The van der Waals surface area contributed by atoms with Crippen LogP contribution in [0.4, 0.5) is 16.2 Å². The Labute approximate surface area is 108 Å². The minimum atomic E-state index is -0.0169. The maximum Gasteiger partial charge on any atom is 0.322 e. The average Bonchev–Trinajstić information content (AvgIpc) is 2.77. The highest BCUT2D eigenvalue weighted by Crippen LogP contribution is 2.24. The molecule has 1 heterocycles. The van der Waals surface area contributed by atoms with Gasteiger partial charge in [0.05, 0.1) is 0 Å². The Balaban J connectivity index is 2.03. The van der Waals surface area contributed by atoms with Crippen molar-refractivity contribution in [3.63, 3.8) is 0 Å². The fourth-order valence-electron chi connectivity index (χ4n) is 2.55. The number of nitrogens with zero attached hydrogens (tertiary/aromatic N) is 1. The fourth-order valence-corrected chi connectivity index (χ4v) is 2.55. The number of rotatable bonds is 2. The van der Waals surface area contributed by atoms with Gasteiger partial charge in [0.15, 0.2) is 0 Å². The van der Waals surface area contributed by atoms with Crippen molar-refractivity contribution in [3.8, 4) is 0 Å². The van der Waals surface area contributed by atoms with Gasteiger partial charge in [0.1, 0.15) is 0 Å². The molecule has 0 radical (unpaired) electrons. The number of urea groups is 1. The Morgan fingerprint density at radius 2 is 2.28 bits per heavy atom. The van der Waals surface area contributed by atoms with Crippen molar-refractivity contribution in [1.82, 2.24) is 4.90 Å². The lowest BCUT2D eigenvalue weighted by atomic mass is 10.0. The van der Waals surface area contributed by atoms with Crippen LogP contribution in [0.15, 0.2) is 24.3 Å². The molecular formula is C14H21N3O. The summed E-state index contributed by atoms with van der Waals surface area (Å²) in [5, 5.41) is 2.92. The zero-order valence-corrected chi connectivity index (χ0v) is 11.0. The third-order valence-corrected chi connectivity index (χ3v) is 3.47. The van der Waals surface area contributed by atoms with E-state index in [4.69, 9.17) is 5.73 Å². The smallest absolute Gasteiger partial charge is 0.322 e. The second-order valence-corrected chi connectivity index (χ2v) is 5.20. The second-order valence-electron chi connectivity index (χ2n) is 5.20. The lowest BCUT2D eigenvalue weighted by molar-refractivity contribution is 0.192. The SMILES string of the molecule is CC(C)C1CCCN1C(=O)Nc1cccc(N)c1. The topological polar surface area (TPSA) is 58.4 Å². The maximum atomic E-state index is 12.2. The van der Waals surface area contributed by atoms with Crippen LogP contribution in [-0.4, -0.2) is 23.5 Å². The molecule has 3 N–H and O–H groups in total. The summed E-state index contributed by atoms with van der Waals surface area (Å²) in [5.74, 6) is 0.499. The number of hydrogen-bond acceptors (Lipinski definition) is 2. The Morgan fingerprint density at radius 1 is 1.50 bits per heavy atom. The van der Waals surface area contributed by atoms with E-state index in [1.165, 1.54) is 0 Å². The number of carbonyl (C=O) groups is 1. The summed E-state index contributed by atoms with van der Waals surface area (Å²) in [6.07, 6.45) is 2.19. The molecule has 1 atom stereocenters. The minimum absolute atomic E-state index is 0.0169. The van der Waals surface area contributed by atoms with Gasteiger partial charge in [-0.3, -0.25) is 0 Å². The van der Waals surface area contributed by atoms with Gasteiger partial charge in [0, 0.05) is 24.0 Å². The van der Waals surface area contributed by atoms with Gasteiger partial charge in [0.25, 0.3) is 0 Å². The first-order valence-electron chi connectivity index (χ1n) is 6.51. The first kappa shape index (κ1) is 12.7. The van der Waals surface area contributed by atoms with E-state index in [9.17, 15) is 4.79 Å². The van der Waals surface area contributed by atoms with E-state index in [1.54, 1.807) is 6.07 Å². The van der Waals surface area contributed by atoms with Crippen LogP contribution in [-0.2, 0) is 0 Å². The summed E-state index contributed by atoms with van der Waals surface area (Å²) in [4.78, 5) is 14.2. The van der Waals surface area contributed by atoms with Crippen LogP contribution in [0.2, 0.25) is 0 Å². The van der Waals surface area contributed by atoms with Crippen molar-refractivity contribution in [2.75, 3.05) is 17.6 Å². The van der Waals surface area contributed by atoms with Gasteiger partial charge in [0.2, 0.25) is 0 Å². The first-order chi connectivity index (χ1) is 8.58. The number of anilines is 2. The van der Waals surface area contributed by atoms with Crippen molar-refractivity contribution in [1.29, 1.82) is 0 Å². The Morgan fingerprint density at radius 3 is 2.94 bits per heavy atom. The van der Waals surface area contributed by atoms with E-state index in [0.717, 1.165) is 25.1 Å². The number of carbonyl (C=O) groups excluding carboxylic acids is 1. The zero-order chi connectivity index (χ0) is 13.1. The quantitative estimate of drug-likeness (QED) is 0.789. The summed E-state index contributed by atoms with van der Waals surface area (Å²) in [6, 6.07) is 7.62. The van der Waals surface area contributed by atoms with Crippen LogP contribution in [0, 0.1) is 5.92 Å². The summed E-state index contributed by atoms with van der Waals surface area (Å²) in [7, 11) is 0. The van der Waals surface area contributed by atoms with E-state index in [0.29, 0.717) is 17.6 Å².